The van der Waals surface area contributed by atoms with Gasteiger partial charge in [0.1, 0.15) is 5.82 Å². The molecule has 0 spiro atoms. The third-order valence-corrected chi connectivity index (χ3v) is 5.78. The van der Waals surface area contributed by atoms with Gasteiger partial charge in [0.15, 0.2) is 0 Å². The fourth-order valence-electron chi connectivity index (χ4n) is 4.13. The Bertz CT molecular complexity index is 1060. The SMILES string of the molecule is CN(Cc1ccccc1)C(=O)C1CCN(c2cc(C(N)=O)c3ccccc3n2)CC1. The van der Waals surface area contributed by atoms with Crippen molar-refractivity contribution in [3.63, 3.8) is 0 Å². The molecule has 3 aromatic rings. The highest BCUT2D eigenvalue weighted by molar-refractivity contribution is 6.06. The number of hydrogen-bond donors (Lipinski definition) is 1. The van der Waals surface area contributed by atoms with Gasteiger partial charge in [-0.3, -0.25) is 9.59 Å². The highest BCUT2D eigenvalue weighted by atomic mass is 16.2. The van der Waals surface area contributed by atoms with E-state index in [1.54, 1.807) is 6.07 Å². The van der Waals surface area contributed by atoms with Crippen molar-refractivity contribution in [1.82, 2.24) is 9.88 Å². The number of piperidine rings is 1. The van der Waals surface area contributed by atoms with Crippen molar-refractivity contribution in [1.29, 1.82) is 0 Å². The predicted molar refractivity (Wildman–Crippen MR) is 118 cm³/mol. The topological polar surface area (TPSA) is 79.5 Å². The maximum atomic E-state index is 12.9. The Labute approximate surface area is 176 Å². The zero-order chi connectivity index (χ0) is 21.1. The first-order valence-electron chi connectivity index (χ1n) is 10.3. The molecule has 0 atom stereocenters. The second-order valence-corrected chi connectivity index (χ2v) is 7.85. The molecule has 0 unspecified atom stereocenters. The van der Waals surface area contributed by atoms with Crippen LogP contribution in [0.5, 0.6) is 0 Å². The lowest BCUT2D eigenvalue weighted by Gasteiger charge is -2.34. The molecule has 4 rings (SSSR count). The number of hydrogen-bond acceptors (Lipinski definition) is 4. The van der Waals surface area contributed by atoms with Crippen LogP contribution in [0, 0.1) is 5.92 Å². The Hall–Kier alpha value is -3.41. The predicted octanol–water partition coefficient (Wildman–Crippen LogP) is 3.21. The molecule has 0 bridgehead atoms. The monoisotopic (exact) mass is 402 g/mol. The Kier molecular flexibility index (Phi) is 5.65. The van der Waals surface area contributed by atoms with E-state index in [4.69, 9.17) is 10.7 Å². The van der Waals surface area contributed by atoms with Crippen molar-refractivity contribution >= 4 is 28.5 Å². The lowest BCUT2D eigenvalue weighted by Crippen LogP contribution is -2.41. The van der Waals surface area contributed by atoms with Gasteiger partial charge in [-0.05, 0) is 30.5 Å². The molecular weight excluding hydrogens is 376 g/mol. The van der Waals surface area contributed by atoms with E-state index in [1.807, 2.05) is 66.5 Å². The molecule has 2 aromatic carbocycles. The van der Waals surface area contributed by atoms with Crippen molar-refractivity contribution < 1.29 is 9.59 Å². The number of anilines is 1. The smallest absolute Gasteiger partial charge is 0.249 e. The minimum Gasteiger partial charge on any atom is -0.366 e. The van der Waals surface area contributed by atoms with Gasteiger partial charge >= 0.3 is 0 Å². The number of pyridine rings is 1. The number of rotatable bonds is 5. The van der Waals surface area contributed by atoms with Crippen LogP contribution in [0.25, 0.3) is 10.9 Å². The average Bonchev–Trinajstić information content (AvgIpc) is 2.78. The van der Waals surface area contributed by atoms with Gasteiger partial charge in [-0.15, -0.1) is 0 Å². The zero-order valence-electron chi connectivity index (χ0n) is 17.1. The van der Waals surface area contributed by atoms with Crippen molar-refractivity contribution in [2.75, 3.05) is 25.0 Å². The molecular formula is C24H26N4O2. The van der Waals surface area contributed by atoms with Crippen LogP contribution in [0.15, 0.2) is 60.7 Å². The number of carbonyl (C=O) groups is 2. The summed E-state index contributed by atoms with van der Waals surface area (Å²) in [5, 5.41) is 0.765. The van der Waals surface area contributed by atoms with Crippen LogP contribution in [0.4, 0.5) is 5.82 Å². The summed E-state index contributed by atoms with van der Waals surface area (Å²) in [5.41, 5.74) is 7.97. The van der Waals surface area contributed by atoms with Gasteiger partial charge in [0, 0.05) is 38.0 Å². The summed E-state index contributed by atoms with van der Waals surface area (Å²) in [5.74, 6) is 0.474. The van der Waals surface area contributed by atoms with E-state index in [-0.39, 0.29) is 11.8 Å². The minimum atomic E-state index is -0.456. The van der Waals surface area contributed by atoms with Crippen LogP contribution in [-0.4, -0.2) is 41.8 Å². The number of carbonyl (C=O) groups excluding carboxylic acids is 2. The van der Waals surface area contributed by atoms with Gasteiger partial charge < -0.3 is 15.5 Å². The summed E-state index contributed by atoms with van der Waals surface area (Å²) in [6.45, 7) is 2.06. The van der Waals surface area contributed by atoms with E-state index in [1.165, 1.54) is 0 Å². The van der Waals surface area contributed by atoms with Crippen LogP contribution in [0.2, 0.25) is 0 Å². The molecule has 2 heterocycles. The number of benzene rings is 2. The Morgan fingerprint density at radius 3 is 2.43 bits per heavy atom. The number of aromatic nitrogens is 1. The number of fused-ring (bicyclic) bond motifs is 1. The summed E-state index contributed by atoms with van der Waals surface area (Å²) < 4.78 is 0. The van der Waals surface area contributed by atoms with Crippen molar-refractivity contribution in [3.8, 4) is 0 Å². The largest absolute Gasteiger partial charge is 0.366 e. The lowest BCUT2D eigenvalue weighted by atomic mass is 9.95. The Balaban J connectivity index is 1.44. The average molecular weight is 402 g/mol. The molecule has 0 radical (unpaired) electrons. The molecule has 0 saturated carbocycles. The number of nitrogens with zero attached hydrogens (tertiary/aromatic N) is 3. The molecule has 1 saturated heterocycles. The van der Waals surface area contributed by atoms with Crippen LogP contribution in [-0.2, 0) is 11.3 Å². The standard InChI is InChI=1S/C24H26N4O2/c1-27(16-17-7-3-2-4-8-17)24(30)18-11-13-28(14-12-18)22-15-20(23(25)29)19-9-5-6-10-21(19)26-22/h2-10,15,18H,11-14,16H2,1H3,(H2,25,29). The molecule has 6 heteroatoms. The van der Waals surface area contributed by atoms with Crippen LogP contribution < -0.4 is 10.6 Å². The quantitative estimate of drug-likeness (QED) is 0.711. The molecule has 154 valence electrons. The third-order valence-electron chi connectivity index (χ3n) is 5.78. The minimum absolute atomic E-state index is 0.00558. The van der Waals surface area contributed by atoms with Crippen LogP contribution in [0.3, 0.4) is 0 Å². The zero-order valence-corrected chi connectivity index (χ0v) is 17.1. The van der Waals surface area contributed by atoms with Gasteiger partial charge in [0.2, 0.25) is 11.8 Å². The summed E-state index contributed by atoms with van der Waals surface area (Å²) in [6, 6.07) is 19.3. The van der Waals surface area contributed by atoms with Gasteiger partial charge in [0.25, 0.3) is 0 Å². The second kappa shape index (κ2) is 8.53. The first-order chi connectivity index (χ1) is 14.5. The molecule has 6 nitrogen and oxygen atoms in total. The van der Waals surface area contributed by atoms with Crippen molar-refractivity contribution in [2.24, 2.45) is 11.7 Å². The highest BCUT2D eigenvalue weighted by Gasteiger charge is 2.28. The molecule has 2 N–H and O–H groups in total. The molecule has 1 aliphatic rings. The highest BCUT2D eigenvalue weighted by Crippen LogP contribution is 2.27. The van der Waals surface area contributed by atoms with Crippen LogP contribution in [0.1, 0.15) is 28.8 Å². The van der Waals surface area contributed by atoms with Gasteiger partial charge in [-0.1, -0.05) is 48.5 Å². The van der Waals surface area contributed by atoms with E-state index < -0.39 is 5.91 Å². The lowest BCUT2D eigenvalue weighted by molar-refractivity contribution is -0.135. The number of primary amides is 1. The summed E-state index contributed by atoms with van der Waals surface area (Å²) in [7, 11) is 1.87. The van der Waals surface area contributed by atoms with E-state index in [0.29, 0.717) is 12.1 Å². The Morgan fingerprint density at radius 1 is 1.07 bits per heavy atom. The third kappa shape index (κ3) is 4.13. The first kappa shape index (κ1) is 19.9. The molecule has 0 aliphatic carbocycles. The number of nitrogens with two attached hydrogens (primary N) is 1. The molecule has 30 heavy (non-hydrogen) atoms. The van der Waals surface area contributed by atoms with Crippen molar-refractivity contribution in [2.45, 2.75) is 19.4 Å². The number of para-hydroxylation sites is 1. The molecule has 1 aliphatic heterocycles. The molecule has 1 fully saturated rings. The van der Waals surface area contributed by atoms with E-state index in [2.05, 4.69) is 4.90 Å². The summed E-state index contributed by atoms with van der Waals surface area (Å²) in [6.07, 6.45) is 1.52. The van der Waals surface area contributed by atoms with E-state index in [0.717, 1.165) is 48.2 Å². The normalized spacial score (nSPS) is 14.6. The Morgan fingerprint density at radius 2 is 1.73 bits per heavy atom. The fourth-order valence-corrected chi connectivity index (χ4v) is 4.13. The fraction of sp³-hybridized carbons (Fsp3) is 0.292. The maximum Gasteiger partial charge on any atom is 0.249 e. The van der Waals surface area contributed by atoms with Gasteiger partial charge in [0.05, 0.1) is 11.1 Å². The van der Waals surface area contributed by atoms with Crippen molar-refractivity contribution in [3.05, 3.63) is 71.8 Å². The van der Waals surface area contributed by atoms with Gasteiger partial charge in [-0.25, -0.2) is 4.98 Å². The summed E-state index contributed by atoms with van der Waals surface area (Å²) >= 11 is 0. The first-order valence-corrected chi connectivity index (χ1v) is 10.3. The molecule has 2 amide bonds. The van der Waals surface area contributed by atoms with E-state index >= 15 is 0 Å². The number of amides is 2. The molecule has 1 aromatic heterocycles. The van der Waals surface area contributed by atoms with E-state index in [9.17, 15) is 9.59 Å². The van der Waals surface area contributed by atoms with Crippen LogP contribution >= 0.6 is 0 Å². The second-order valence-electron chi connectivity index (χ2n) is 7.85. The maximum absolute atomic E-state index is 12.9. The summed E-state index contributed by atoms with van der Waals surface area (Å²) in [4.78, 5) is 33.5. The van der Waals surface area contributed by atoms with Gasteiger partial charge in [-0.2, -0.15) is 0 Å².